The molecule has 0 heteroatoms. The fraction of sp³-hybridized carbons (Fsp3) is 0.882. The van der Waals surface area contributed by atoms with E-state index in [0.717, 1.165) is 23.7 Å². The predicted octanol–water partition coefficient (Wildman–Crippen LogP) is 5.83. The highest BCUT2D eigenvalue weighted by atomic mass is 14.5. The van der Waals surface area contributed by atoms with E-state index in [1.54, 1.807) is 0 Å². The Labute approximate surface area is 109 Å². The maximum absolute atomic E-state index is 3.96. The van der Waals surface area contributed by atoms with Crippen molar-refractivity contribution in [3.63, 3.8) is 0 Å². The summed E-state index contributed by atoms with van der Waals surface area (Å²) < 4.78 is 0. The average molecular weight is 236 g/mol. The van der Waals surface area contributed by atoms with Gasteiger partial charge in [-0.1, -0.05) is 71.8 Å². The minimum absolute atomic E-state index is 0.860. The summed E-state index contributed by atoms with van der Waals surface area (Å²) in [7, 11) is 0. The third-order valence-electron chi connectivity index (χ3n) is 4.66. The van der Waals surface area contributed by atoms with E-state index in [0.29, 0.717) is 0 Å². The molecular formula is C17H32. The Bertz CT molecular complexity index is 206. The molecule has 0 N–H and O–H groups in total. The second kappa shape index (κ2) is 7.95. The van der Waals surface area contributed by atoms with Crippen molar-refractivity contribution in [2.75, 3.05) is 0 Å². The lowest BCUT2D eigenvalue weighted by Crippen LogP contribution is -1.93. The van der Waals surface area contributed by atoms with Crippen LogP contribution in [0.4, 0.5) is 0 Å². The highest BCUT2D eigenvalue weighted by Crippen LogP contribution is 2.52. The summed E-state index contributed by atoms with van der Waals surface area (Å²) in [6, 6.07) is 0. The minimum Gasteiger partial charge on any atom is -0.103 e. The van der Waals surface area contributed by atoms with Crippen molar-refractivity contribution < 1.29 is 0 Å². The van der Waals surface area contributed by atoms with Crippen LogP contribution in [0.2, 0.25) is 0 Å². The van der Waals surface area contributed by atoms with Gasteiger partial charge >= 0.3 is 0 Å². The second-order valence-electron chi connectivity index (χ2n) is 6.08. The van der Waals surface area contributed by atoms with Crippen molar-refractivity contribution in [3.8, 4) is 0 Å². The molecular weight excluding hydrogens is 204 g/mol. The Hall–Kier alpha value is -0.260. The number of unbranched alkanes of at least 4 members (excludes halogenated alkanes) is 2. The molecule has 1 aliphatic carbocycles. The first-order valence-corrected chi connectivity index (χ1v) is 7.87. The molecule has 0 heterocycles. The standard InChI is InChI=1S/C17H32/c1-5-11-14(4)12-9-8-10-13-17-15(6-2)16(17)7-3/h6,14-17H,2,5,7-13H2,1,3-4H3. The van der Waals surface area contributed by atoms with Crippen LogP contribution in [0, 0.1) is 23.7 Å². The van der Waals surface area contributed by atoms with Gasteiger partial charge in [-0.25, -0.2) is 0 Å². The largest absolute Gasteiger partial charge is 0.103 e. The van der Waals surface area contributed by atoms with Crippen LogP contribution >= 0.6 is 0 Å². The third kappa shape index (κ3) is 4.85. The highest BCUT2D eigenvalue weighted by Gasteiger charge is 2.45. The summed E-state index contributed by atoms with van der Waals surface area (Å²) in [4.78, 5) is 0. The van der Waals surface area contributed by atoms with Crippen LogP contribution in [0.15, 0.2) is 12.7 Å². The van der Waals surface area contributed by atoms with Crippen LogP contribution in [0.25, 0.3) is 0 Å². The van der Waals surface area contributed by atoms with Crippen molar-refractivity contribution in [1.29, 1.82) is 0 Å². The number of hydrogen-bond donors (Lipinski definition) is 0. The molecule has 0 bridgehead atoms. The first-order chi connectivity index (χ1) is 8.24. The topological polar surface area (TPSA) is 0 Å². The molecule has 0 amide bonds. The molecule has 0 aromatic rings. The molecule has 0 radical (unpaired) electrons. The smallest absolute Gasteiger partial charge is 0.0174 e. The van der Waals surface area contributed by atoms with Gasteiger partial charge in [0, 0.05) is 0 Å². The van der Waals surface area contributed by atoms with Crippen LogP contribution < -0.4 is 0 Å². The van der Waals surface area contributed by atoms with E-state index in [4.69, 9.17) is 0 Å². The molecule has 1 fully saturated rings. The van der Waals surface area contributed by atoms with E-state index < -0.39 is 0 Å². The van der Waals surface area contributed by atoms with E-state index >= 15 is 0 Å². The average Bonchev–Trinajstić information content (AvgIpc) is 3.01. The molecule has 0 aromatic carbocycles. The van der Waals surface area contributed by atoms with Gasteiger partial charge in [0.15, 0.2) is 0 Å². The molecule has 4 atom stereocenters. The fourth-order valence-electron chi connectivity index (χ4n) is 3.49. The van der Waals surface area contributed by atoms with Crippen LogP contribution in [-0.2, 0) is 0 Å². The molecule has 1 aliphatic rings. The quantitative estimate of drug-likeness (QED) is 0.330. The van der Waals surface area contributed by atoms with Gasteiger partial charge in [-0.2, -0.15) is 0 Å². The lowest BCUT2D eigenvalue weighted by Gasteiger charge is -2.09. The Balaban J connectivity index is 1.96. The Morgan fingerprint density at radius 2 is 1.82 bits per heavy atom. The van der Waals surface area contributed by atoms with Crippen molar-refractivity contribution >= 4 is 0 Å². The number of allylic oxidation sites excluding steroid dienone is 1. The van der Waals surface area contributed by atoms with Gasteiger partial charge in [0.2, 0.25) is 0 Å². The lowest BCUT2D eigenvalue weighted by atomic mass is 9.98. The van der Waals surface area contributed by atoms with Crippen LogP contribution in [0.5, 0.6) is 0 Å². The summed E-state index contributed by atoms with van der Waals surface area (Å²) in [5.41, 5.74) is 0. The van der Waals surface area contributed by atoms with Crippen LogP contribution in [0.3, 0.4) is 0 Å². The van der Waals surface area contributed by atoms with Crippen molar-refractivity contribution in [2.24, 2.45) is 23.7 Å². The third-order valence-corrected chi connectivity index (χ3v) is 4.66. The van der Waals surface area contributed by atoms with E-state index in [-0.39, 0.29) is 0 Å². The molecule has 0 spiro atoms. The van der Waals surface area contributed by atoms with Gasteiger partial charge in [0.25, 0.3) is 0 Å². The Morgan fingerprint density at radius 1 is 1.06 bits per heavy atom. The zero-order valence-corrected chi connectivity index (χ0v) is 12.3. The number of rotatable bonds is 10. The molecule has 1 saturated carbocycles. The Kier molecular flexibility index (Phi) is 6.92. The molecule has 0 aromatic heterocycles. The van der Waals surface area contributed by atoms with Crippen LogP contribution in [0.1, 0.15) is 72.1 Å². The number of hydrogen-bond acceptors (Lipinski definition) is 0. The van der Waals surface area contributed by atoms with Crippen molar-refractivity contribution in [3.05, 3.63) is 12.7 Å². The van der Waals surface area contributed by atoms with Gasteiger partial charge in [-0.05, 0) is 30.1 Å². The summed E-state index contributed by atoms with van der Waals surface area (Å²) in [5, 5.41) is 0. The monoisotopic (exact) mass is 236 g/mol. The van der Waals surface area contributed by atoms with Gasteiger partial charge in [0.05, 0.1) is 0 Å². The Morgan fingerprint density at radius 3 is 2.35 bits per heavy atom. The zero-order valence-electron chi connectivity index (χ0n) is 12.3. The maximum Gasteiger partial charge on any atom is -0.0174 e. The zero-order chi connectivity index (χ0) is 12.7. The predicted molar refractivity (Wildman–Crippen MR) is 78.1 cm³/mol. The summed E-state index contributed by atoms with van der Waals surface area (Å²) in [5.74, 6) is 3.78. The van der Waals surface area contributed by atoms with Gasteiger partial charge in [-0.3, -0.25) is 0 Å². The first-order valence-electron chi connectivity index (χ1n) is 7.87. The molecule has 17 heavy (non-hydrogen) atoms. The SMILES string of the molecule is C=CC1C(CC)C1CCCCCC(C)CCC. The normalized spacial score (nSPS) is 29.0. The summed E-state index contributed by atoms with van der Waals surface area (Å²) in [6.07, 6.45) is 13.6. The molecule has 0 saturated heterocycles. The van der Waals surface area contributed by atoms with Crippen LogP contribution in [-0.4, -0.2) is 0 Å². The minimum atomic E-state index is 0.860. The molecule has 0 nitrogen and oxygen atoms in total. The molecule has 100 valence electrons. The van der Waals surface area contributed by atoms with E-state index in [1.165, 1.54) is 51.4 Å². The van der Waals surface area contributed by atoms with E-state index in [2.05, 4.69) is 33.4 Å². The van der Waals surface area contributed by atoms with E-state index in [1.807, 2.05) is 0 Å². The lowest BCUT2D eigenvalue weighted by molar-refractivity contribution is 0.448. The van der Waals surface area contributed by atoms with E-state index in [9.17, 15) is 0 Å². The van der Waals surface area contributed by atoms with Crippen molar-refractivity contribution in [2.45, 2.75) is 72.1 Å². The van der Waals surface area contributed by atoms with Gasteiger partial charge in [0.1, 0.15) is 0 Å². The summed E-state index contributed by atoms with van der Waals surface area (Å²) >= 11 is 0. The fourth-order valence-corrected chi connectivity index (χ4v) is 3.49. The highest BCUT2D eigenvalue weighted by molar-refractivity contribution is 5.04. The maximum atomic E-state index is 3.96. The second-order valence-corrected chi connectivity index (χ2v) is 6.08. The molecule has 1 rings (SSSR count). The van der Waals surface area contributed by atoms with Crippen molar-refractivity contribution in [1.82, 2.24) is 0 Å². The van der Waals surface area contributed by atoms with Gasteiger partial charge < -0.3 is 0 Å². The van der Waals surface area contributed by atoms with Gasteiger partial charge in [-0.15, -0.1) is 6.58 Å². The molecule has 4 unspecified atom stereocenters. The first kappa shape index (κ1) is 14.8. The molecule has 0 aliphatic heterocycles. The summed E-state index contributed by atoms with van der Waals surface area (Å²) in [6.45, 7) is 11.0.